The summed E-state index contributed by atoms with van der Waals surface area (Å²) in [6.45, 7) is 1.93. The molecule has 3 aromatic rings. The van der Waals surface area contributed by atoms with Gasteiger partial charge in [0, 0.05) is 11.3 Å². The van der Waals surface area contributed by atoms with Gasteiger partial charge in [-0.15, -0.1) is 10.2 Å². The summed E-state index contributed by atoms with van der Waals surface area (Å²) in [6, 6.07) is 13.0. The van der Waals surface area contributed by atoms with Crippen molar-refractivity contribution in [1.82, 2.24) is 10.2 Å². The molecule has 3 rings (SSSR count). The van der Waals surface area contributed by atoms with Crippen LogP contribution >= 0.6 is 11.8 Å². The number of benzene rings is 2. The number of sulfonamides is 1. The number of nitrogens with zero attached hydrogens (tertiary/aromatic N) is 2. The second-order valence-electron chi connectivity index (χ2n) is 6.43. The Morgan fingerprint density at radius 2 is 1.81 bits per heavy atom. The highest BCUT2D eigenvalue weighted by Gasteiger charge is 2.16. The molecule has 0 aliphatic rings. The van der Waals surface area contributed by atoms with Gasteiger partial charge in [0.1, 0.15) is 0 Å². The highest BCUT2D eigenvalue weighted by Crippen LogP contribution is 2.25. The predicted octanol–water partition coefficient (Wildman–Crippen LogP) is 3.02. The number of amides is 1. The molecule has 1 amide bonds. The van der Waals surface area contributed by atoms with Gasteiger partial charge < -0.3 is 14.5 Å². The lowest BCUT2D eigenvalue weighted by Gasteiger charge is -2.09. The topological polar surface area (TPSA) is 140 Å². The normalized spacial score (nSPS) is 11.1. The van der Waals surface area contributed by atoms with Crippen LogP contribution in [0.1, 0.15) is 17.3 Å². The molecular weight excluding hydrogens is 456 g/mol. The van der Waals surface area contributed by atoms with E-state index in [1.165, 1.54) is 0 Å². The maximum atomic E-state index is 12.3. The van der Waals surface area contributed by atoms with E-state index in [1.807, 2.05) is 0 Å². The molecule has 0 aliphatic heterocycles. The first kappa shape index (κ1) is 23.3. The summed E-state index contributed by atoms with van der Waals surface area (Å²) in [4.78, 5) is 24.3. The Labute approximate surface area is 188 Å². The molecule has 32 heavy (non-hydrogen) atoms. The minimum atomic E-state index is -3.37. The van der Waals surface area contributed by atoms with Crippen LogP contribution in [0.2, 0.25) is 0 Å². The predicted molar refractivity (Wildman–Crippen MR) is 120 cm³/mol. The first-order chi connectivity index (χ1) is 15.2. The molecule has 0 bridgehead atoms. The van der Waals surface area contributed by atoms with Crippen molar-refractivity contribution in [2.45, 2.75) is 12.1 Å². The van der Waals surface area contributed by atoms with Gasteiger partial charge in [-0.2, -0.15) is 0 Å². The summed E-state index contributed by atoms with van der Waals surface area (Å²) in [5.74, 6) is -0.666. The molecule has 12 heteroatoms. The van der Waals surface area contributed by atoms with E-state index >= 15 is 0 Å². The largest absolute Gasteiger partial charge is 0.462 e. The van der Waals surface area contributed by atoms with Gasteiger partial charge in [0.05, 0.1) is 29.9 Å². The standard InChI is InChI=1S/C20H20N4O6S2/c1-3-29-19(26)15-6-4-5-7-16(15)21-17(25)12-31-20-23-22-18(30-20)13-8-10-14(11-9-13)24-32(2,27)28/h4-11,24H,3,12H2,1-2H3,(H,21,25). The Morgan fingerprint density at radius 1 is 1.09 bits per heavy atom. The third-order valence-corrected chi connectivity index (χ3v) is 5.29. The Kier molecular flexibility index (Phi) is 7.49. The number of hydrogen-bond donors (Lipinski definition) is 2. The summed E-state index contributed by atoms with van der Waals surface area (Å²) in [5, 5.41) is 10.7. The van der Waals surface area contributed by atoms with Gasteiger partial charge in [-0.3, -0.25) is 9.52 Å². The van der Waals surface area contributed by atoms with Gasteiger partial charge in [0.25, 0.3) is 5.22 Å². The summed E-state index contributed by atoms with van der Waals surface area (Å²) in [7, 11) is -3.37. The zero-order valence-corrected chi connectivity index (χ0v) is 18.8. The number of thioether (sulfide) groups is 1. The van der Waals surface area contributed by atoms with Gasteiger partial charge >= 0.3 is 5.97 Å². The van der Waals surface area contributed by atoms with Crippen molar-refractivity contribution < 1.29 is 27.2 Å². The summed E-state index contributed by atoms with van der Waals surface area (Å²) in [5.41, 5.74) is 1.62. The molecule has 0 saturated heterocycles. The molecule has 168 valence electrons. The molecule has 10 nitrogen and oxygen atoms in total. The fourth-order valence-electron chi connectivity index (χ4n) is 2.57. The number of carbonyl (C=O) groups is 2. The second-order valence-corrected chi connectivity index (χ2v) is 9.10. The number of hydrogen-bond acceptors (Lipinski definition) is 9. The van der Waals surface area contributed by atoms with Crippen molar-refractivity contribution in [3.05, 3.63) is 54.1 Å². The Hall–Kier alpha value is -3.38. The first-order valence-electron chi connectivity index (χ1n) is 9.35. The number of anilines is 2. The molecule has 0 fully saturated rings. The molecule has 0 saturated carbocycles. The van der Waals surface area contributed by atoms with E-state index in [0.717, 1.165) is 18.0 Å². The van der Waals surface area contributed by atoms with Crippen molar-refractivity contribution in [3.63, 3.8) is 0 Å². The highest BCUT2D eigenvalue weighted by atomic mass is 32.2. The van der Waals surface area contributed by atoms with Crippen LogP contribution in [0.15, 0.2) is 58.2 Å². The van der Waals surface area contributed by atoms with Crippen molar-refractivity contribution in [2.75, 3.05) is 28.7 Å². The van der Waals surface area contributed by atoms with Crippen molar-refractivity contribution >= 4 is 45.0 Å². The molecule has 0 atom stereocenters. The van der Waals surface area contributed by atoms with Crippen LogP contribution in [0, 0.1) is 0 Å². The molecule has 1 aromatic heterocycles. The second kappa shape index (κ2) is 10.3. The van der Waals surface area contributed by atoms with Gasteiger partial charge in [0.15, 0.2) is 0 Å². The van der Waals surface area contributed by atoms with Gasteiger partial charge in [0.2, 0.25) is 21.8 Å². The van der Waals surface area contributed by atoms with Gasteiger partial charge in [-0.05, 0) is 43.3 Å². The van der Waals surface area contributed by atoms with E-state index in [2.05, 4.69) is 20.2 Å². The minimum Gasteiger partial charge on any atom is -0.462 e. The van der Waals surface area contributed by atoms with E-state index in [0.29, 0.717) is 16.9 Å². The quantitative estimate of drug-likeness (QED) is 0.352. The SMILES string of the molecule is CCOC(=O)c1ccccc1NC(=O)CSc1nnc(-c2ccc(NS(C)(=O)=O)cc2)o1. The number of aromatic nitrogens is 2. The molecule has 2 N–H and O–H groups in total. The zero-order valence-electron chi connectivity index (χ0n) is 17.2. The van der Waals surface area contributed by atoms with Crippen molar-refractivity contribution in [3.8, 4) is 11.5 Å². The lowest BCUT2D eigenvalue weighted by molar-refractivity contribution is -0.113. The fourth-order valence-corrected chi connectivity index (χ4v) is 3.70. The van der Waals surface area contributed by atoms with Crippen LogP contribution in [0.25, 0.3) is 11.5 Å². The zero-order chi connectivity index (χ0) is 23.1. The maximum absolute atomic E-state index is 12.3. The third-order valence-electron chi connectivity index (χ3n) is 3.86. The maximum Gasteiger partial charge on any atom is 0.340 e. The van der Waals surface area contributed by atoms with Crippen molar-refractivity contribution in [1.29, 1.82) is 0 Å². The molecule has 2 aromatic carbocycles. The number of carbonyl (C=O) groups excluding carboxylic acids is 2. The number of rotatable bonds is 9. The highest BCUT2D eigenvalue weighted by molar-refractivity contribution is 7.99. The number of ether oxygens (including phenoxy) is 1. The minimum absolute atomic E-state index is 0.0178. The average Bonchev–Trinajstić information content (AvgIpc) is 3.21. The van der Waals surface area contributed by atoms with Crippen LogP contribution in [0.5, 0.6) is 0 Å². The molecular formula is C20H20N4O6S2. The summed E-state index contributed by atoms with van der Waals surface area (Å²) >= 11 is 1.04. The monoisotopic (exact) mass is 476 g/mol. The Morgan fingerprint density at radius 3 is 2.50 bits per heavy atom. The number of nitrogens with one attached hydrogen (secondary N) is 2. The van der Waals surface area contributed by atoms with Gasteiger partial charge in [-0.1, -0.05) is 23.9 Å². The van der Waals surface area contributed by atoms with E-state index in [1.54, 1.807) is 55.5 Å². The van der Waals surface area contributed by atoms with Crippen LogP contribution in [0.3, 0.4) is 0 Å². The summed E-state index contributed by atoms with van der Waals surface area (Å²) in [6.07, 6.45) is 1.06. The molecule has 1 heterocycles. The van der Waals surface area contributed by atoms with Gasteiger partial charge in [-0.25, -0.2) is 13.2 Å². The molecule has 0 radical (unpaired) electrons. The molecule has 0 aliphatic carbocycles. The molecule has 0 unspecified atom stereocenters. The first-order valence-corrected chi connectivity index (χ1v) is 12.2. The summed E-state index contributed by atoms with van der Waals surface area (Å²) < 4.78 is 35.5. The average molecular weight is 477 g/mol. The van der Waals surface area contributed by atoms with Crippen LogP contribution in [-0.4, -0.2) is 49.1 Å². The lowest BCUT2D eigenvalue weighted by atomic mass is 10.2. The lowest BCUT2D eigenvalue weighted by Crippen LogP contribution is -2.17. The van der Waals surface area contributed by atoms with E-state index in [9.17, 15) is 18.0 Å². The van der Waals surface area contributed by atoms with Crippen LogP contribution < -0.4 is 10.0 Å². The van der Waals surface area contributed by atoms with E-state index in [4.69, 9.17) is 9.15 Å². The van der Waals surface area contributed by atoms with E-state index < -0.39 is 16.0 Å². The Bertz CT molecular complexity index is 1210. The number of para-hydroxylation sites is 1. The van der Waals surface area contributed by atoms with Crippen LogP contribution in [-0.2, 0) is 19.6 Å². The van der Waals surface area contributed by atoms with Crippen LogP contribution in [0.4, 0.5) is 11.4 Å². The number of esters is 1. The fraction of sp³-hybridized carbons (Fsp3) is 0.200. The third kappa shape index (κ3) is 6.56. The molecule has 0 spiro atoms. The smallest absolute Gasteiger partial charge is 0.340 e. The van der Waals surface area contributed by atoms with E-state index in [-0.39, 0.29) is 34.9 Å². The van der Waals surface area contributed by atoms with Crippen molar-refractivity contribution in [2.24, 2.45) is 0 Å². The Balaban J connectivity index is 1.59.